The molecule has 1 rings (SSSR count). The number of unbranched alkanes of at least 4 members (excludes halogenated alkanes) is 19. The fraction of sp³-hybridized carbons (Fsp3) is 0.826. The monoisotopic (exact) mass is 888 g/mol. The van der Waals surface area contributed by atoms with Gasteiger partial charge in [0.15, 0.2) is 6.10 Å². The average Bonchev–Trinajstić information content (AvgIpc) is 3.49. The first-order valence-corrected chi connectivity index (χ1v) is 25.0. The molecule has 15 heteroatoms. The maximum Gasteiger partial charge on any atom is 0.472 e. The average molecular weight is 888 g/mol. The van der Waals surface area contributed by atoms with Gasteiger partial charge < -0.3 is 35.4 Å². The number of carboxylic acid groups (broad SMARTS) is 1. The predicted octanol–water partition coefficient (Wildman–Crippen LogP) is 9.21. The predicted molar refractivity (Wildman–Crippen MR) is 236 cm³/mol. The van der Waals surface area contributed by atoms with Crippen LogP contribution in [-0.4, -0.2) is 88.1 Å². The van der Waals surface area contributed by atoms with Gasteiger partial charge in [-0.1, -0.05) is 160 Å². The molecule has 7 atom stereocenters. The van der Waals surface area contributed by atoms with Crippen LogP contribution in [0.3, 0.4) is 0 Å². The lowest BCUT2D eigenvalue weighted by molar-refractivity contribution is -0.161. The summed E-state index contributed by atoms with van der Waals surface area (Å²) in [6.07, 6.45) is 30.3. The van der Waals surface area contributed by atoms with Crippen LogP contribution < -0.4 is 5.73 Å². The lowest BCUT2D eigenvalue weighted by atomic mass is 9.90. The number of rotatable bonds is 40. The van der Waals surface area contributed by atoms with Crippen LogP contribution in [0.5, 0.6) is 0 Å². The van der Waals surface area contributed by atoms with Crippen LogP contribution in [0.4, 0.5) is 0 Å². The van der Waals surface area contributed by atoms with Gasteiger partial charge >= 0.3 is 25.7 Å². The number of hydrogen-bond donors (Lipinski definition) is 5. The number of Topliss-reactive ketones (excluding diaryl/α,β-unsaturated/α-hetero) is 1. The summed E-state index contributed by atoms with van der Waals surface area (Å²) < 4.78 is 32.7. The molecule has 1 saturated carbocycles. The quantitative estimate of drug-likeness (QED) is 0.0167. The topological polar surface area (TPSA) is 229 Å². The van der Waals surface area contributed by atoms with E-state index in [2.05, 4.69) is 18.4 Å². The number of carbonyl (C=O) groups excluding carboxylic acids is 3. The number of esters is 2. The van der Waals surface area contributed by atoms with Crippen molar-refractivity contribution in [2.24, 2.45) is 17.6 Å². The first-order chi connectivity index (χ1) is 29.3. The lowest BCUT2D eigenvalue weighted by Crippen LogP contribution is -2.34. The summed E-state index contributed by atoms with van der Waals surface area (Å²) in [7, 11) is -4.78. The van der Waals surface area contributed by atoms with Crippen molar-refractivity contribution in [3.63, 3.8) is 0 Å². The SMILES string of the molecule is CCCCCCCCCCCCCCCCCCCC(=O)O[C@H](COC(=O)CCC/C=C\C[C@H]1C(=O)C[C@@H](O)[C@@H]1/C=C/[C@@H](O)CCCCC)COP(=O)(O)OC[C@H](N)C(=O)O. The van der Waals surface area contributed by atoms with Crippen molar-refractivity contribution < 1.29 is 62.5 Å². The van der Waals surface area contributed by atoms with E-state index in [9.17, 15) is 38.8 Å². The van der Waals surface area contributed by atoms with Gasteiger partial charge in [-0.2, -0.15) is 0 Å². The van der Waals surface area contributed by atoms with E-state index < -0.39 is 69.9 Å². The highest BCUT2D eigenvalue weighted by Crippen LogP contribution is 2.43. The number of ketones is 1. The molecule has 0 aromatic rings. The third kappa shape index (κ3) is 30.3. The van der Waals surface area contributed by atoms with Crippen LogP contribution in [-0.2, 0) is 42.3 Å². The Morgan fingerprint density at radius 1 is 0.754 bits per heavy atom. The minimum atomic E-state index is -4.78. The zero-order valence-corrected chi connectivity index (χ0v) is 38.4. The number of allylic oxidation sites excluding steroid dienone is 2. The fourth-order valence-corrected chi connectivity index (χ4v) is 8.06. The van der Waals surface area contributed by atoms with Gasteiger partial charge in [0.25, 0.3) is 0 Å². The number of aliphatic hydroxyl groups excluding tert-OH is 2. The van der Waals surface area contributed by atoms with Gasteiger partial charge in [-0.15, -0.1) is 0 Å². The molecule has 0 aliphatic heterocycles. The molecule has 0 heterocycles. The van der Waals surface area contributed by atoms with Crippen LogP contribution in [0.2, 0.25) is 0 Å². The number of phosphoric ester groups is 1. The smallest absolute Gasteiger partial charge is 0.472 e. The van der Waals surface area contributed by atoms with Crippen LogP contribution in [0.15, 0.2) is 24.3 Å². The number of carbonyl (C=O) groups is 4. The Balaban J connectivity index is 2.45. The molecule has 0 amide bonds. The first-order valence-electron chi connectivity index (χ1n) is 23.5. The molecule has 1 aliphatic rings. The summed E-state index contributed by atoms with van der Waals surface area (Å²) in [4.78, 5) is 58.8. The highest BCUT2D eigenvalue weighted by molar-refractivity contribution is 7.47. The highest BCUT2D eigenvalue weighted by atomic mass is 31.2. The molecule has 0 bridgehead atoms. The summed E-state index contributed by atoms with van der Waals surface area (Å²) >= 11 is 0. The Morgan fingerprint density at radius 3 is 1.85 bits per heavy atom. The highest BCUT2D eigenvalue weighted by Gasteiger charge is 2.39. The van der Waals surface area contributed by atoms with Crippen molar-refractivity contribution in [2.75, 3.05) is 19.8 Å². The summed E-state index contributed by atoms with van der Waals surface area (Å²) in [6.45, 7) is 2.45. The van der Waals surface area contributed by atoms with E-state index in [0.29, 0.717) is 32.1 Å². The lowest BCUT2D eigenvalue weighted by Gasteiger charge is -2.20. The number of carboxylic acids is 1. The largest absolute Gasteiger partial charge is 0.480 e. The molecule has 0 aromatic heterocycles. The van der Waals surface area contributed by atoms with Gasteiger partial charge in [-0.3, -0.25) is 28.2 Å². The van der Waals surface area contributed by atoms with Gasteiger partial charge in [0.1, 0.15) is 18.4 Å². The summed E-state index contributed by atoms with van der Waals surface area (Å²) in [5.41, 5.74) is 5.33. The third-order valence-corrected chi connectivity index (χ3v) is 12.0. The van der Waals surface area contributed by atoms with Crippen molar-refractivity contribution >= 4 is 31.5 Å². The number of phosphoric acid groups is 1. The van der Waals surface area contributed by atoms with E-state index in [1.807, 2.05) is 12.2 Å². The van der Waals surface area contributed by atoms with Crippen molar-refractivity contribution in [3.8, 4) is 0 Å². The molecule has 0 aromatic carbocycles. The number of hydrogen-bond acceptors (Lipinski definition) is 12. The van der Waals surface area contributed by atoms with Gasteiger partial charge in [0.05, 0.1) is 25.4 Å². The zero-order chi connectivity index (χ0) is 45.1. The van der Waals surface area contributed by atoms with Crippen LogP contribution in [0.1, 0.15) is 187 Å². The van der Waals surface area contributed by atoms with Gasteiger partial charge in [0, 0.05) is 31.1 Å². The first kappa shape index (κ1) is 56.6. The van der Waals surface area contributed by atoms with Gasteiger partial charge in [-0.05, 0) is 32.1 Å². The van der Waals surface area contributed by atoms with Crippen LogP contribution in [0.25, 0.3) is 0 Å². The van der Waals surface area contributed by atoms with Crippen molar-refractivity contribution in [1.82, 2.24) is 0 Å². The maximum atomic E-state index is 12.7. The Hall–Kier alpha value is -2.45. The molecular weight excluding hydrogens is 805 g/mol. The minimum absolute atomic E-state index is 0.0248. The maximum absolute atomic E-state index is 12.7. The summed E-state index contributed by atoms with van der Waals surface area (Å²) in [5, 5.41) is 29.6. The Morgan fingerprint density at radius 2 is 1.28 bits per heavy atom. The van der Waals surface area contributed by atoms with E-state index >= 15 is 0 Å². The van der Waals surface area contributed by atoms with Gasteiger partial charge in [0.2, 0.25) is 0 Å². The fourth-order valence-electron chi connectivity index (χ4n) is 7.28. The van der Waals surface area contributed by atoms with Crippen molar-refractivity contribution in [3.05, 3.63) is 24.3 Å². The number of ether oxygens (including phenoxy) is 2. The second-order valence-corrected chi connectivity index (χ2v) is 18.1. The van der Waals surface area contributed by atoms with Crippen LogP contribution >= 0.6 is 7.82 Å². The molecule has 0 radical (unpaired) electrons. The molecular formula is C46H82NO13P. The second-order valence-electron chi connectivity index (χ2n) is 16.7. The number of aliphatic hydroxyl groups is 2. The Labute approximate surface area is 366 Å². The van der Waals surface area contributed by atoms with Crippen LogP contribution in [0, 0.1) is 11.8 Å². The molecule has 354 valence electrons. The van der Waals surface area contributed by atoms with Crippen molar-refractivity contribution in [2.45, 2.75) is 212 Å². The molecule has 1 unspecified atom stereocenters. The summed E-state index contributed by atoms with van der Waals surface area (Å²) in [5.74, 6) is -3.38. The van der Waals surface area contributed by atoms with E-state index in [4.69, 9.17) is 24.8 Å². The second kappa shape index (κ2) is 35.9. The minimum Gasteiger partial charge on any atom is -0.480 e. The van der Waals surface area contributed by atoms with Crippen molar-refractivity contribution in [1.29, 1.82) is 0 Å². The molecule has 61 heavy (non-hydrogen) atoms. The normalized spacial score (nSPS) is 19.3. The third-order valence-electron chi connectivity index (χ3n) is 11.1. The molecule has 1 aliphatic carbocycles. The molecule has 0 spiro atoms. The standard InChI is InChI=1S/C46H82NO13P/c1-3-5-7-8-9-10-11-12-13-14-15-16-17-18-19-20-26-30-45(52)60-38(35-58-61(55,56)59-36-41(47)46(53)54)34-57-44(51)29-25-22-21-24-28-39-40(43(50)33-42(39)49)32-31-37(48)27-23-6-4-2/h21,24,31-32,37-41,43,48,50H,3-20,22-23,25-30,33-36,47H2,1-2H3,(H,53,54)(H,55,56)/b24-21-,32-31+/t37-,38+,39+,40+,41-,43+/m0/s1. The molecule has 1 fully saturated rings. The van der Waals surface area contributed by atoms with E-state index in [0.717, 1.165) is 38.5 Å². The van der Waals surface area contributed by atoms with E-state index in [-0.39, 0.29) is 36.9 Å². The molecule has 14 nitrogen and oxygen atoms in total. The van der Waals surface area contributed by atoms with E-state index in [1.54, 1.807) is 12.2 Å². The zero-order valence-electron chi connectivity index (χ0n) is 37.5. The molecule has 0 saturated heterocycles. The Bertz CT molecular complexity index is 1290. The molecule has 6 N–H and O–H groups in total. The van der Waals surface area contributed by atoms with E-state index in [1.165, 1.54) is 83.5 Å². The summed E-state index contributed by atoms with van der Waals surface area (Å²) in [6, 6.07) is -1.56. The number of nitrogens with two attached hydrogens (primary N) is 1. The number of aliphatic carboxylic acids is 1. The Kier molecular flexibility index (Phi) is 33.3. The van der Waals surface area contributed by atoms with Gasteiger partial charge in [-0.25, -0.2) is 4.57 Å².